The quantitative estimate of drug-likeness (QED) is 0.739. The number of hydrogen-bond donors (Lipinski definition) is 0. The minimum Gasteiger partial charge on any atom is -0.464 e. The van der Waals surface area contributed by atoms with Crippen LogP contribution in [-0.4, -0.2) is 48.4 Å². The molecule has 0 unspecified atom stereocenters. The number of likely N-dealkylation sites (N-methyl/N-ethyl adjacent to an activating group) is 1. The van der Waals surface area contributed by atoms with Crippen LogP contribution in [0.25, 0.3) is 0 Å². The number of ether oxygens (including phenoxy) is 2. The van der Waals surface area contributed by atoms with Crippen molar-refractivity contribution in [3.63, 3.8) is 0 Å². The van der Waals surface area contributed by atoms with Crippen molar-refractivity contribution in [3.05, 3.63) is 5.28 Å². The molecular formula is C10H17ClN4O2. The summed E-state index contributed by atoms with van der Waals surface area (Å²) in [5.74, 6) is 0.507. The highest BCUT2D eigenvalue weighted by Crippen LogP contribution is 2.14. The van der Waals surface area contributed by atoms with Crippen LogP contribution < -0.4 is 9.64 Å². The van der Waals surface area contributed by atoms with Crippen LogP contribution in [0, 0.1) is 0 Å². The third-order valence-electron chi connectivity index (χ3n) is 2.08. The molecule has 0 bridgehead atoms. The highest BCUT2D eigenvalue weighted by Gasteiger charge is 2.11. The fourth-order valence-electron chi connectivity index (χ4n) is 1.26. The largest absolute Gasteiger partial charge is 0.464 e. The van der Waals surface area contributed by atoms with Gasteiger partial charge >= 0.3 is 6.01 Å². The van der Waals surface area contributed by atoms with E-state index in [-0.39, 0.29) is 11.3 Å². The SMILES string of the molecule is CCOc1nc(Cl)nc(N(CC)CCOC)n1. The Bertz CT molecular complexity index is 351. The molecule has 0 fully saturated rings. The summed E-state index contributed by atoms with van der Waals surface area (Å²) in [4.78, 5) is 14.1. The fraction of sp³-hybridized carbons (Fsp3) is 0.700. The van der Waals surface area contributed by atoms with Gasteiger partial charge in [0.2, 0.25) is 11.2 Å². The van der Waals surface area contributed by atoms with Gasteiger partial charge in [-0.2, -0.15) is 15.0 Å². The second kappa shape index (κ2) is 7.24. The first-order chi connectivity index (χ1) is 8.21. The van der Waals surface area contributed by atoms with E-state index >= 15 is 0 Å². The van der Waals surface area contributed by atoms with E-state index in [1.807, 2.05) is 18.7 Å². The molecule has 17 heavy (non-hydrogen) atoms. The van der Waals surface area contributed by atoms with E-state index in [1.165, 1.54) is 0 Å². The number of hydrogen-bond acceptors (Lipinski definition) is 6. The van der Waals surface area contributed by atoms with Gasteiger partial charge in [-0.3, -0.25) is 0 Å². The lowest BCUT2D eigenvalue weighted by Gasteiger charge is -2.20. The van der Waals surface area contributed by atoms with Gasteiger partial charge in [0.15, 0.2) is 0 Å². The van der Waals surface area contributed by atoms with Crippen molar-refractivity contribution in [2.24, 2.45) is 0 Å². The summed E-state index contributed by atoms with van der Waals surface area (Å²) in [7, 11) is 1.65. The Morgan fingerprint density at radius 2 is 2.00 bits per heavy atom. The number of anilines is 1. The van der Waals surface area contributed by atoms with Crippen molar-refractivity contribution in [3.8, 4) is 6.01 Å². The Kier molecular flexibility index (Phi) is 5.93. The van der Waals surface area contributed by atoms with Crippen LogP contribution in [0.15, 0.2) is 0 Å². The minimum atomic E-state index is 0.134. The maximum atomic E-state index is 5.82. The van der Waals surface area contributed by atoms with Crippen LogP contribution in [0.3, 0.4) is 0 Å². The van der Waals surface area contributed by atoms with Gasteiger partial charge in [-0.05, 0) is 25.4 Å². The van der Waals surface area contributed by atoms with Crippen molar-refractivity contribution in [1.29, 1.82) is 0 Å². The second-order valence-corrected chi connectivity index (χ2v) is 3.53. The third-order valence-corrected chi connectivity index (χ3v) is 2.25. The second-order valence-electron chi connectivity index (χ2n) is 3.19. The molecule has 0 aliphatic carbocycles. The monoisotopic (exact) mass is 260 g/mol. The molecule has 0 saturated carbocycles. The predicted octanol–water partition coefficient (Wildman–Crippen LogP) is 1.40. The normalized spacial score (nSPS) is 10.4. The predicted molar refractivity (Wildman–Crippen MR) is 65.8 cm³/mol. The van der Waals surface area contributed by atoms with Crippen LogP contribution in [0.4, 0.5) is 5.95 Å². The lowest BCUT2D eigenvalue weighted by Crippen LogP contribution is -2.29. The standard InChI is InChI=1S/C10H17ClN4O2/c1-4-15(6-7-16-3)9-12-8(11)13-10(14-9)17-5-2/h4-7H2,1-3H3. The Morgan fingerprint density at radius 3 is 2.59 bits per heavy atom. The summed E-state index contributed by atoms with van der Waals surface area (Å²) in [6, 6.07) is 0.248. The van der Waals surface area contributed by atoms with E-state index in [0.717, 1.165) is 6.54 Å². The molecule has 1 aromatic rings. The smallest absolute Gasteiger partial charge is 0.322 e. The van der Waals surface area contributed by atoms with Crippen LogP contribution in [0.5, 0.6) is 6.01 Å². The number of rotatable bonds is 7. The van der Waals surface area contributed by atoms with Gasteiger partial charge in [0.1, 0.15) is 0 Å². The zero-order chi connectivity index (χ0) is 12.7. The zero-order valence-corrected chi connectivity index (χ0v) is 11.1. The molecule has 0 amide bonds. The van der Waals surface area contributed by atoms with E-state index in [9.17, 15) is 0 Å². The van der Waals surface area contributed by atoms with Crippen molar-refractivity contribution < 1.29 is 9.47 Å². The lowest BCUT2D eigenvalue weighted by molar-refractivity contribution is 0.205. The maximum absolute atomic E-state index is 5.82. The molecule has 0 N–H and O–H groups in total. The molecule has 6 nitrogen and oxygen atoms in total. The first-order valence-electron chi connectivity index (χ1n) is 5.49. The van der Waals surface area contributed by atoms with Crippen molar-refractivity contribution in [2.75, 3.05) is 38.3 Å². The van der Waals surface area contributed by atoms with Crippen molar-refractivity contribution in [2.45, 2.75) is 13.8 Å². The summed E-state index contributed by atoms with van der Waals surface area (Å²) in [6.07, 6.45) is 0. The molecule has 0 atom stereocenters. The van der Waals surface area contributed by atoms with Gasteiger partial charge in [0.05, 0.1) is 13.2 Å². The molecule has 1 aromatic heterocycles. The summed E-state index contributed by atoms with van der Waals surface area (Å²) >= 11 is 5.82. The highest BCUT2D eigenvalue weighted by molar-refractivity contribution is 6.28. The first-order valence-corrected chi connectivity index (χ1v) is 5.87. The molecule has 7 heteroatoms. The fourth-order valence-corrected chi connectivity index (χ4v) is 1.41. The van der Waals surface area contributed by atoms with Crippen LogP contribution in [0.2, 0.25) is 5.28 Å². The van der Waals surface area contributed by atoms with Gasteiger partial charge in [-0.1, -0.05) is 0 Å². The minimum absolute atomic E-state index is 0.134. The van der Waals surface area contributed by atoms with Gasteiger partial charge < -0.3 is 14.4 Å². The summed E-state index contributed by atoms with van der Waals surface area (Å²) in [5, 5.41) is 0.134. The Labute approximate surface area is 106 Å². The van der Waals surface area contributed by atoms with E-state index in [4.69, 9.17) is 21.1 Å². The van der Waals surface area contributed by atoms with Gasteiger partial charge in [-0.25, -0.2) is 0 Å². The van der Waals surface area contributed by atoms with E-state index < -0.39 is 0 Å². The van der Waals surface area contributed by atoms with Gasteiger partial charge in [-0.15, -0.1) is 0 Å². The molecule has 0 aromatic carbocycles. The molecule has 0 aliphatic heterocycles. The summed E-state index contributed by atoms with van der Waals surface area (Å²) in [5.41, 5.74) is 0. The molecule has 0 saturated heterocycles. The number of methoxy groups -OCH3 is 1. The van der Waals surface area contributed by atoms with E-state index in [0.29, 0.717) is 25.7 Å². The zero-order valence-electron chi connectivity index (χ0n) is 10.3. The van der Waals surface area contributed by atoms with Crippen LogP contribution in [-0.2, 0) is 4.74 Å². The van der Waals surface area contributed by atoms with Crippen molar-refractivity contribution >= 4 is 17.5 Å². The molecule has 1 rings (SSSR count). The van der Waals surface area contributed by atoms with Gasteiger partial charge in [0.25, 0.3) is 0 Å². The van der Waals surface area contributed by atoms with Crippen LogP contribution in [0.1, 0.15) is 13.8 Å². The third kappa shape index (κ3) is 4.32. The van der Waals surface area contributed by atoms with E-state index in [2.05, 4.69) is 15.0 Å². The Hall–Kier alpha value is -1.14. The molecular weight excluding hydrogens is 244 g/mol. The first kappa shape index (κ1) is 13.9. The maximum Gasteiger partial charge on any atom is 0.322 e. The molecule has 0 aliphatic rings. The molecule has 0 radical (unpaired) electrons. The van der Waals surface area contributed by atoms with Gasteiger partial charge in [0, 0.05) is 20.2 Å². The van der Waals surface area contributed by atoms with Crippen molar-refractivity contribution in [1.82, 2.24) is 15.0 Å². The Balaban J connectivity index is 2.85. The van der Waals surface area contributed by atoms with E-state index in [1.54, 1.807) is 7.11 Å². The number of nitrogens with zero attached hydrogens (tertiary/aromatic N) is 4. The topological polar surface area (TPSA) is 60.4 Å². The number of halogens is 1. The molecule has 1 heterocycles. The summed E-state index contributed by atoms with van der Waals surface area (Å²) < 4.78 is 10.2. The molecule has 0 spiro atoms. The highest BCUT2D eigenvalue weighted by atomic mass is 35.5. The van der Waals surface area contributed by atoms with Crippen LogP contribution >= 0.6 is 11.6 Å². The summed E-state index contributed by atoms with van der Waals surface area (Å²) in [6.45, 7) is 6.41. The lowest BCUT2D eigenvalue weighted by atomic mass is 10.5. The Morgan fingerprint density at radius 1 is 1.24 bits per heavy atom. The average molecular weight is 261 g/mol. The molecule has 96 valence electrons. The number of aromatic nitrogens is 3. The average Bonchev–Trinajstić information content (AvgIpc) is 2.30.